The Labute approximate surface area is 177 Å². The van der Waals surface area contributed by atoms with Crippen molar-refractivity contribution < 1.29 is 14.2 Å². The highest BCUT2D eigenvalue weighted by atomic mass is 16.5. The van der Waals surface area contributed by atoms with Crippen molar-refractivity contribution in [3.63, 3.8) is 0 Å². The SMILES string of the molecule is CCCc1ccc(Oc2ccc(CCC)c(CCC)c2OC)c(OC)c1CCC. The molecule has 0 atom stereocenters. The van der Waals surface area contributed by atoms with E-state index in [1.54, 1.807) is 14.2 Å². The predicted octanol–water partition coefficient (Wildman–Crippen LogP) is 7.31. The van der Waals surface area contributed by atoms with E-state index in [0.717, 1.165) is 74.4 Å². The molecular weight excluding hydrogens is 360 g/mol. The van der Waals surface area contributed by atoms with Crippen LogP contribution in [0.25, 0.3) is 0 Å². The quantitative estimate of drug-likeness (QED) is 0.375. The van der Waals surface area contributed by atoms with Crippen LogP contribution in [0.3, 0.4) is 0 Å². The van der Waals surface area contributed by atoms with Crippen molar-refractivity contribution in [2.75, 3.05) is 14.2 Å². The van der Waals surface area contributed by atoms with Crippen LogP contribution in [0, 0.1) is 0 Å². The van der Waals surface area contributed by atoms with Gasteiger partial charge in [-0.1, -0.05) is 65.5 Å². The van der Waals surface area contributed by atoms with Crippen molar-refractivity contribution in [2.45, 2.75) is 79.1 Å². The largest absolute Gasteiger partial charge is 0.493 e. The van der Waals surface area contributed by atoms with E-state index in [1.165, 1.54) is 22.3 Å². The number of benzene rings is 2. The zero-order valence-electron chi connectivity index (χ0n) is 19.2. The van der Waals surface area contributed by atoms with Crippen molar-refractivity contribution in [3.8, 4) is 23.0 Å². The summed E-state index contributed by atoms with van der Waals surface area (Å²) in [5.41, 5.74) is 5.25. The van der Waals surface area contributed by atoms with Crippen LogP contribution in [0.5, 0.6) is 23.0 Å². The van der Waals surface area contributed by atoms with E-state index in [-0.39, 0.29) is 0 Å². The van der Waals surface area contributed by atoms with Gasteiger partial charge in [-0.15, -0.1) is 0 Å². The van der Waals surface area contributed by atoms with Gasteiger partial charge in [-0.3, -0.25) is 0 Å². The molecule has 0 saturated carbocycles. The Bertz CT molecular complexity index is 715. The molecule has 0 radical (unpaired) electrons. The lowest BCUT2D eigenvalue weighted by atomic mass is 9.97. The standard InChI is InChI=1S/C26H38O3/c1-7-11-19-15-17-23(25(27-5)21(19)13-9-3)29-24-18-16-20(12-8-2)22(14-10-4)26(24)28-6/h15-18H,7-14H2,1-6H3. The maximum atomic E-state index is 6.41. The maximum Gasteiger partial charge on any atom is 0.169 e. The molecule has 0 spiro atoms. The lowest BCUT2D eigenvalue weighted by Crippen LogP contribution is -2.03. The third kappa shape index (κ3) is 5.46. The van der Waals surface area contributed by atoms with Crippen LogP contribution in [0.15, 0.2) is 24.3 Å². The molecule has 2 aromatic carbocycles. The summed E-state index contributed by atoms with van der Waals surface area (Å²) in [6.45, 7) is 8.83. The molecule has 160 valence electrons. The van der Waals surface area contributed by atoms with Crippen LogP contribution < -0.4 is 14.2 Å². The zero-order chi connectivity index (χ0) is 21.2. The predicted molar refractivity (Wildman–Crippen MR) is 122 cm³/mol. The van der Waals surface area contributed by atoms with E-state index in [1.807, 2.05) is 12.1 Å². The minimum atomic E-state index is 0.764. The van der Waals surface area contributed by atoms with E-state index < -0.39 is 0 Å². The fraction of sp³-hybridized carbons (Fsp3) is 0.538. The second kappa shape index (κ2) is 11.7. The first-order valence-corrected chi connectivity index (χ1v) is 11.2. The van der Waals surface area contributed by atoms with Gasteiger partial charge in [-0.05, 0) is 48.9 Å². The molecule has 0 aliphatic rings. The molecule has 0 fully saturated rings. The Hall–Kier alpha value is -2.16. The molecular formula is C26H38O3. The molecule has 0 aliphatic carbocycles. The first-order valence-electron chi connectivity index (χ1n) is 11.2. The van der Waals surface area contributed by atoms with Crippen LogP contribution in [-0.4, -0.2) is 14.2 Å². The fourth-order valence-corrected chi connectivity index (χ4v) is 4.08. The van der Waals surface area contributed by atoms with Gasteiger partial charge in [0.25, 0.3) is 0 Å². The summed E-state index contributed by atoms with van der Waals surface area (Å²) in [5.74, 6) is 3.24. The van der Waals surface area contributed by atoms with Gasteiger partial charge in [-0.2, -0.15) is 0 Å². The van der Waals surface area contributed by atoms with Crippen LogP contribution in [-0.2, 0) is 25.7 Å². The lowest BCUT2D eigenvalue weighted by molar-refractivity contribution is 0.351. The van der Waals surface area contributed by atoms with Crippen molar-refractivity contribution in [1.82, 2.24) is 0 Å². The van der Waals surface area contributed by atoms with E-state index >= 15 is 0 Å². The summed E-state index contributed by atoms with van der Waals surface area (Å²) in [6, 6.07) is 8.47. The van der Waals surface area contributed by atoms with Gasteiger partial charge >= 0.3 is 0 Å². The average Bonchev–Trinajstić information content (AvgIpc) is 2.72. The fourth-order valence-electron chi connectivity index (χ4n) is 4.08. The number of aryl methyl sites for hydroxylation is 2. The Morgan fingerprint density at radius 3 is 1.24 bits per heavy atom. The Kier molecular flexibility index (Phi) is 9.37. The molecule has 0 amide bonds. The number of ether oxygens (including phenoxy) is 3. The van der Waals surface area contributed by atoms with Crippen LogP contribution in [0.4, 0.5) is 0 Å². The first-order chi connectivity index (χ1) is 14.1. The molecule has 0 bridgehead atoms. The maximum absolute atomic E-state index is 6.41. The van der Waals surface area contributed by atoms with Gasteiger partial charge in [0, 0.05) is 11.1 Å². The highest BCUT2D eigenvalue weighted by molar-refractivity contribution is 5.56. The Morgan fingerprint density at radius 1 is 0.552 bits per heavy atom. The topological polar surface area (TPSA) is 27.7 Å². The molecule has 0 aliphatic heterocycles. The molecule has 29 heavy (non-hydrogen) atoms. The highest BCUT2D eigenvalue weighted by Crippen LogP contribution is 2.42. The number of hydrogen-bond donors (Lipinski definition) is 0. The molecule has 0 heterocycles. The summed E-state index contributed by atoms with van der Waals surface area (Å²) in [5, 5.41) is 0. The summed E-state index contributed by atoms with van der Waals surface area (Å²) in [7, 11) is 3.47. The number of hydrogen-bond acceptors (Lipinski definition) is 3. The van der Waals surface area contributed by atoms with Crippen molar-refractivity contribution in [1.29, 1.82) is 0 Å². The Balaban J connectivity index is 2.52. The van der Waals surface area contributed by atoms with E-state index in [9.17, 15) is 0 Å². The Morgan fingerprint density at radius 2 is 0.931 bits per heavy atom. The minimum absolute atomic E-state index is 0.764. The summed E-state index contributed by atoms with van der Waals surface area (Å²) < 4.78 is 18.1. The summed E-state index contributed by atoms with van der Waals surface area (Å²) >= 11 is 0. The summed E-state index contributed by atoms with van der Waals surface area (Å²) in [6.07, 6.45) is 8.48. The van der Waals surface area contributed by atoms with E-state index in [2.05, 4.69) is 39.8 Å². The second-order valence-electron chi connectivity index (χ2n) is 7.57. The second-order valence-corrected chi connectivity index (χ2v) is 7.57. The normalized spacial score (nSPS) is 10.8. The van der Waals surface area contributed by atoms with E-state index in [0.29, 0.717) is 0 Å². The first kappa shape index (κ1) is 23.1. The number of methoxy groups -OCH3 is 2. The van der Waals surface area contributed by atoms with Gasteiger partial charge < -0.3 is 14.2 Å². The monoisotopic (exact) mass is 398 g/mol. The lowest BCUT2D eigenvalue weighted by Gasteiger charge is -2.20. The van der Waals surface area contributed by atoms with Crippen molar-refractivity contribution >= 4 is 0 Å². The minimum Gasteiger partial charge on any atom is -0.493 e. The van der Waals surface area contributed by atoms with Crippen LogP contribution in [0.1, 0.15) is 75.6 Å². The number of rotatable bonds is 12. The van der Waals surface area contributed by atoms with E-state index in [4.69, 9.17) is 14.2 Å². The zero-order valence-corrected chi connectivity index (χ0v) is 19.2. The van der Waals surface area contributed by atoms with Gasteiger partial charge in [-0.25, -0.2) is 0 Å². The van der Waals surface area contributed by atoms with Gasteiger partial charge in [0.1, 0.15) is 0 Å². The van der Waals surface area contributed by atoms with Gasteiger partial charge in [0.15, 0.2) is 23.0 Å². The van der Waals surface area contributed by atoms with Crippen LogP contribution in [0.2, 0.25) is 0 Å². The highest BCUT2D eigenvalue weighted by Gasteiger charge is 2.19. The molecule has 3 heteroatoms. The third-order valence-electron chi connectivity index (χ3n) is 5.31. The summed E-state index contributed by atoms with van der Waals surface area (Å²) in [4.78, 5) is 0. The van der Waals surface area contributed by atoms with Crippen LogP contribution >= 0.6 is 0 Å². The van der Waals surface area contributed by atoms with Crippen molar-refractivity contribution in [2.24, 2.45) is 0 Å². The smallest absolute Gasteiger partial charge is 0.169 e. The molecule has 2 aromatic rings. The average molecular weight is 399 g/mol. The molecule has 0 unspecified atom stereocenters. The van der Waals surface area contributed by atoms with Gasteiger partial charge in [0.2, 0.25) is 0 Å². The van der Waals surface area contributed by atoms with Gasteiger partial charge in [0.05, 0.1) is 14.2 Å². The molecule has 0 saturated heterocycles. The molecule has 0 aromatic heterocycles. The molecule has 0 N–H and O–H groups in total. The molecule has 3 nitrogen and oxygen atoms in total. The van der Waals surface area contributed by atoms with Crippen molar-refractivity contribution in [3.05, 3.63) is 46.5 Å². The molecule has 2 rings (SSSR count). The third-order valence-corrected chi connectivity index (χ3v) is 5.31.